The summed E-state index contributed by atoms with van der Waals surface area (Å²) in [4.78, 5) is 7.12. The molecule has 20 heavy (non-hydrogen) atoms. The molecule has 0 bridgehead atoms. The summed E-state index contributed by atoms with van der Waals surface area (Å²) in [6, 6.07) is 4.30. The van der Waals surface area contributed by atoms with Crippen LogP contribution in [-0.2, 0) is 12.8 Å². The Hall–Kier alpha value is -1.39. The molecule has 4 heteroatoms. The maximum atomic E-state index is 6.32. The van der Waals surface area contributed by atoms with Crippen molar-refractivity contribution in [3.8, 4) is 5.75 Å². The van der Waals surface area contributed by atoms with E-state index < -0.39 is 0 Å². The van der Waals surface area contributed by atoms with Crippen molar-refractivity contribution in [3.63, 3.8) is 0 Å². The van der Waals surface area contributed by atoms with Gasteiger partial charge in [0, 0.05) is 45.2 Å². The Morgan fingerprint density at radius 1 is 1.35 bits per heavy atom. The Bertz CT molecular complexity index is 592. The zero-order chi connectivity index (χ0) is 14.7. The van der Waals surface area contributed by atoms with Gasteiger partial charge in [-0.3, -0.25) is 4.98 Å². The van der Waals surface area contributed by atoms with Crippen molar-refractivity contribution in [2.24, 2.45) is 5.73 Å². The maximum absolute atomic E-state index is 6.32. The van der Waals surface area contributed by atoms with Crippen LogP contribution in [0.15, 0.2) is 18.3 Å². The molecule has 3 nitrogen and oxygen atoms in total. The van der Waals surface area contributed by atoms with E-state index in [0.717, 1.165) is 35.4 Å². The fourth-order valence-electron chi connectivity index (χ4n) is 2.37. The molecule has 0 aromatic carbocycles. The standard InChI is InChI=1S/C16H22N2OS/c1-5-12-6-7-15(20-12)13(17)8-14-11(3)16(19-4)10(2)9-18-14/h6-7,9,13H,5,8,17H2,1-4H3. The van der Waals surface area contributed by atoms with Gasteiger partial charge in [0.25, 0.3) is 0 Å². The van der Waals surface area contributed by atoms with E-state index in [4.69, 9.17) is 10.5 Å². The second-order valence-electron chi connectivity index (χ2n) is 5.01. The van der Waals surface area contributed by atoms with Crippen molar-refractivity contribution in [1.82, 2.24) is 4.98 Å². The van der Waals surface area contributed by atoms with Crippen LogP contribution in [-0.4, -0.2) is 12.1 Å². The van der Waals surface area contributed by atoms with Crippen LogP contribution >= 0.6 is 11.3 Å². The highest BCUT2D eigenvalue weighted by Crippen LogP contribution is 2.29. The first-order chi connectivity index (χ1) is 9.56. The third-order valence-corrected chi connectivity index (χ3v) is 4.92. The molecule has 0 radical (unpaired) electrons. The molecule has 0 aliphatic carbocycles. The van der Waals surface area contributed by atoms with Gasteiger partial charge in [-0.1, -0.05) is 6.92 Å². The normalized spacial score (nSPS) is 12.4. The molecule has 1 atom stereocenters. The van der Waals surface area contributed by atoms with E-state index in [2.05, 4.69) is 24.0 Å². The Morgan fingerprint density at radius 3 is 2.70 bits per heavy atom. The number of nitrogens with two attached hydrogens (primary N) is 1. The minimum Gasteiger partial charge on any atom is -0.496 e. The largest absolute Gasteiger partial charge is 0.496 e. The van der Waals surface area contributed by atoms with Crippen LogP contribution in [0.25, 0.3) is 0 Å². The molecule has 1 unspecified atom stereocenters. The third kappa shape index (κ3) is 3.02. The molecule has 0 spiro atoms. The smallest absolute Gasteiger partial charge is 0.128 e. The van der Waals surface area contributed by atoms with Gasteiger partial charge in [0.2, 0.25) is 0 Å². The summed E-state index contributed by atoms with van der Waals surface area (Å²) in [6.45, 7) is 6.22. The molecule has 108 valence electrons. The zero-order valence-electron chi connectivity index (χ0n) is 12.6. The fraction of sp³-hybridized carbons (Fsp3) is 0.438. The van der Waals surface area contributed by atoms with E-state index in [1.54, 1.807) is 18.4 Å². The second kappa shape index (κ2) is 6.37. The predicted octanol–water partition coefficient (Wildman–Crippen LogP) is 3.57. The van der Waals surface area contributed by atoms with Gasteiger partial charge in [-0.2, -0.15) is 0 Å². The minimum absolute atomic E-state index is 0.00101. The van der Waals surface area contributed by atoms with E-state index in [0.29, 0.717) is 0 Å². The summed E-state index contributed by atoms with van der Waals surface area (Å²) < 4.78 is 5.45. The number of aromatic nitrogens is 1. The van der Waals surface area contributed by atoms with E-state index in [9.17, 15) is 0 Å². The lowest BCUT2D eigenvalue weighted by atomic mass is 10.0. The van der Waals surface area contributed by atoms with Gasteiger partial charge in [0.1, 0.15) is 5.75 Å². The number of methoxy groups -OCH3 is 1. The molecule has 2 rings (SSSR count). The number of nitrogens with zero attached hydrogens (tertiary/aromatic N) is 1. The molecule has 2 aromatic heterocycles. The van der Waals surface area contributed by atoms with Crippen molar-refractivity contribution in [2.45, 2.75) is 39.7 Å². The Morgan fingerprint density at radius 2 is 2.10 bits per heavy atom. The molecule has 0 fully saturated rings. The quantitative estimate of drug-likeness (QED) is 0.915. The van der Waals surface area contributed by atoms with Crippen molar-refractivity contribution in [3.05, 3.63) is 44.9 Å². The molecular formula is C16H22N2OS. The van der Waals surface area contributed by atoms with Crippen LogP contribution < -0.4 is 10.5 Å². The third-order valence-electron chi connectivity index (χ3n) is 3.56. The SMILES string of the molecule is CCc1ccc(C(N)Cc2ncc(C)c(OC)c2C)s1. The molecule has 0 amide bonds. The van der Waals surface area contributed by atoms with Crippen molar-refractivity contribution >= 4 is 11.3 Å². The first-order valence-electron chi connectivity index (χ1n) is 6.90. The number of hydrogen-bond acceptors (Lipinski definition) is 4. The minimum atomic E-state index is -0.00101. The van der Waals surface area contributed by atoms with Gasteiger partial charge in [0.15, 0.2) is 0 Å². The number of aryl methyl sites for hydroxylation is 2. The van der Waals surface area contributed by atoms with Gasteiger partial charge in [-0.25, -0.2) is 0 Å². The molecule has 2 heterocycles. The topological polar surface area (TPSA) is 48.1 Å². The monoisotopic (exact) mass is 290 g/mol. The molecule has 0 saturated carbocycles. The van der Waals surface area contributed by atoms with Gasteiger partial charge >= 0.3 is 0 Å². The fourth-order valence-corrected chi connectivity index (χ4v) is 3.32. The maximum Gasteiger partial charge on any atom is 0.128 e. The van der Waals surface area contributed by atoms with Crippen molar-refractivity contribution < 1.29 is 4.74 Å². The van der Waals surface area contributed by atoms with Crippen LogP contribution in [0.3, 0.4) is 0 Å². The molecule has 0 aliphatic heterocycles. The lowest BCUT2D eigenvalue weighted by Crippen LogP contribution is -2.14. The molecule has 2 N–H and O–H groups in total. The Kier molecular flexibility index (Phi) is 4.78. The van der Waals surface area contributed by atoms with Crippen LogP contribution in [0.1, 0.15) is 39.5 Å². The van der Waals surface area contributed by atoms with E-state index in [-0.39, 0.29) is 6.04 Å². The molecule has 0 aliphatic rings. The van der Waals surface area contributed by atoms with Crippen molar-refractivity contribution in [2.75, 3.05) is 7.11 Å². The molecular weight excluding hydrogens is 268 g/mol. The van der Waals surface area contributed by atoms with E-state index in [1.807, 2.05) is 20.0 Å². The number of ether oxygens (including phenoxy) is 1. The van der Waals surface area contributed by atoms with Crippen LogP contribution in [0.5, 0.6) is 5.75 Å². The summed E-state index contributed by atoms with van der Waals surface area (Å²) in [5.41, 5.74) is 9.50. The van der Waals surface area contributed by atoms with E-state index in [1.165, 1.54) is 9.75 Å². The van der Waals surface area contributed by atoms with Crippen LogP contribution in [0.4, 0.5) is 0 Å². The second-order valence-corrected chi connectivity index (χ2v) is 6.21. The number of hydrogen-bond donors (Lipinski definition) is 1. The van der Waals surface area contributed by atoms with Crippen LogP contribution in [0, 0.1) is 13.8 Å². The lowest BCUT2D eigenvalue weighted by Gasteiger charge is -2.15. The number of thiophene rings is 1. The number of pyridine rings is 1. The summed E-state index contributed by atoms with van der Waals surface area (Å²) in [6.07, 6.45) is 3.67. The van der Waals surface area contributed by atoms with E-state index >= 15 is 0 Å². The average Bonchev–Trinajstić information content (AvgIpc) is 2.91. The van der Waals surface area contributed by atoms with Gasteiger partial charge in [-0.15, -0.1) is 11.3 Å². The number of rotatable bonds is 5. The summed E-state index contributed by atoms with van der Waals surface area (Å²) in [7, 11) is 1.70. The first kappa shape index (κ1) is 15.0. The average molecular weight is 290 g/mol. The molecule has 2 aromatic rings. The lowest BCUT2D eigenvalue weighted by molar-refractivity contribution is 0.406. The highest BCUT2D eigenvalue weighted by Gasteiger charge is 2.15. The summed E-state index contributed by atoms with van der Waals surface area (Å²) >= 11 is 1.80. The summed E-state index contributed by atoms with van der Waals surface area (Å²) in [5, 5.41) is 0. The summed E-state index contributed by atoms with van der Waals surface area (Å²) in [5.74, 6) is 0.919. The molecule has 0 saturated heterocycles. The highest BCUT2D eigenvalue weighted by atomic mass is 32.1. The van der Waals surface area contributed by atoms with Gasteiger partial charge in [0.05, 0.1) is 7.11 Å². The van der Waals surface area contributed by atoms with Gasteiger partial charge < -0.3 is 10.5 Å². The zero-order valence-corrected chi connectivity index (χ0v) is 13.4. The predicted molar refractivity (Wildman–Crippen MR) is 84.6 cm³/mol. The van der Waals surface area contributed by atoms with Gasteiger partial charge in [-0.05, 0) is 32.4 Å². The van der Waals surface area contributed by atoms with Crippen molar-refractivity contribution in [1.29, 1.82) is 0 Å². The Labute approximate surface area is 124 Å². The Balaban J connectivity index is 2.21. The first-order valence-corrected chi connectivity index (χ1v) is 7.71. The highest BCUT2D eigenvalue weighted by molar-refractivity contribution is 7.12. The van der Waals surface area contributed by atoms with Crippen LogP contribution in [0.2, 0.25) is 0 Å².